The van der Waals surface area contributed by atoms with Gasteiger partial charge < -0.3 is 20.1 Å². The first-order valence-corrected chi connectivity index (χ1v) is 11.2. The number of hydrogen-bond acceptors (Lipinski definition) is 6. The van der Waals surface area contributed by atoms with E-state index < -0.39 is 0 Å². The number of aryl methyl sites for hydroxylation is 1. The zero-order valence-corrected chi connectivity index (χ0v) is 18.7. The minimum atomic E-state index is -0.0257. The third-order valence-electron chi connectivity index (χ3n) is 7.06. The number of nitrogens with two attached hydrogens (primary N) is 1. The Bertz CT molecular complexity index is 1170. The van der Waals surface area contributed by atoms with Crippen LogP contribution in [0.15, 0.2) is 31.4 Å². The van der Waals surface area contributed by atoms with Crippen molar-refractivity contribution in [1.82, 2.24) is 34.1 Å². The molecule has 0 aliphatic carbocycles. The Kier molecular flexibility index (Phi) is 5.21. The Hall–Kier alpha value is -3.20. The lowest BCUT2D eigenvalue weighted by Gasteiger charge is -2.29. The number of carbonyl (C=O) groups is 1. The molecular formula is C23H30N8O. The third kappa shape index (κ3) is 3.37. The molecule has 9 heteroatoms. The van der Waals surface area contributed by atoms with Gasteiger partial charge in [-0.2, -0.15) is 5.10 Å². The molecule has 2 saturated heterocycles. The van der Waals surface area contributed by atoms with Crippen LogP contribution in [-0.4, -0.2) is 73.2 Å². The summed E-state index contributed by atoms with van der Waals surface area (Å²) in [6, 6.07) is 0.402. The smallest absolute Gasteiger partial charge is 0.245 e. The molecule has 0 bridgehead atoms. The Morgan fingerprint density at radius 2 is 1.97 bits per heavy atom. The van der Waals surface area contributed by atoms with E-state index in [0.29, 0.717) is 24.9 Å². The number of amides is 1. The number of nitrogens with zero attached hydrogens (tertiary/aromatic N) is 7. The number of piperidine rings is 1. The van der Waals surface area contributed by atoms with E-state index in [1.807, 2.05) is 18.1 Å². The van der Waals surface area contributed by atoms with Crippen LogP contribution in [0.1, 0.15) is 36.9 Å². The van der Waals surface area contributed by atoms with Crippen LogP contribution in [-0.2, 0) is 11.8 Å². The zero-order valence-electron chi connectivity index (χ0n) is 18.7. The maximum absolute atomic E-state index is 12.2. The van der Waals surface area contributed by atoms with Gasteiger partial charge >= 0.3 is 0 Å². The van der Waals surface area contributed by atoms with E-state index in [0.717, 1.165) is 60.2 Å². The van der Waals surface area contributed by atoms with E-state index in [2.05, 4.69) is 43.9 Å². The predicted molar refractivity (Wildman–Crippen MR) is 124 cm³/mol. The maximum atomic E-state index is 12.2. The summed E-state index contributed by atoms with van der Waals surface area (Å²) >= 11 is 0. The summed E-state index contributed by atoms with van der Waals surface area (Å²) in [5.41, 5.74) is 10.4. The molecule has 0 saturated carbocycles. The Balaban J connectivity index is 1.59. The minimum Gasteiger partial charge on any atom is -0.383 e. The van der Waals surface area contributed by atoms with Crippen molar-refractivity contribution in [1.29, 1.82) is 0 Å². The summed E-state index contributed by atoms with van der Waals surface area (Å²) < 4.78 is 4.22. The largest absolute Gasteiger partial charge is 0.383 e. The third-order valence-corrected chi connectivity index (χ3v) is 7.06. The quantitative estimate of drug-likeness (QED) is 0.632. The molecule has 1 amide bonds. The van der Waals surface area contributed by atoms with E-state index in [1.165, 1.54) is 12.4 Å². The Morgan fingerprint density at radius 3 is 2.72 bits per heavy atom. The molecule has 5 rings (SSSR count). The summed E-state index contributed by atoms with van der Waals surface area (Å²) in [5, 5.41) is 5.60. The van der Waals surface area contributed by atoms with E-state index in [4.69, 9.17) is 10.8 Å². The minimum absolute atomic E-state index is 0.0257. The second-order valence-electron chi connectivity index (χ2n) is 8.99. The number of fused-ring (bicyclic) bond motifs is 1. The maximum Gasteiger partial charge on any atom is 0.245 e. The molecule has 2 aliphatic rings. The van der Waals surface area contributed by atoms with Crippen LogP contribution in [0.4, 0.5) is 5.82 Å². The first-order chi connectivity index (χ1) is 15.5. The fourth-order valence-electron chi connectivity index (χ4n) is 5.30. The molecule has 3 aromatic rings. The number of aromatic nitrogens is 5. The summed E-state index contributed by atoms with van der Waals surface area (Å²) in [4.78, 5) is 25.2. The van der Waals surface area contributed by atoms with Crippen molar-refractivity contribution < 1.29 is 4.79 Å². The van der Waals surface area contributed by atoms with Gasteiger partial charge in [0.15, 0.2) is 0 Å². The van der Waals surface area contributed by atoms with Crippen LogP contribution in [0.5, 0.6) is 0 Å². The molecule has 168 valence electrons. The van der Waals surface area contributed by atoms with E-state index in [-0.39, 0.29) is 11.8 Å². The zero-order chi connectivity index (χ0) is 22.4. The number of nitrogen functional groups attached to an aromatic ring is 1. The Labute approximate surface area is 187 Å². The lowest BCUT2D eigenvalue weighted by Crippen LogP contribution is -2.31. The topological polar surface area (TPSA) is 98.1 Å². The van der Waals surface area contributed by atoms with Crippen molar-refractivity contribution in [3.05, 3.63) is 37.1 Å². The van der Waals surface area contributed by atoms with Gasteiger partial charge in [-0.25, -0.2) is 9.97 Å². The van der Waals surface area contributed by atoms with Crippen molar-refractivity contribution in [3.8, 4) is 11.1 Å². The monoisotopic (exact) mass is 434 g/mol. The molecule has 2 N–H and O–H groups in total. The van der Waals surface area contributed by atoms with Gasteiger partial charge in [0.2, 0.25) is 5.91 Å². The fraction of sp³-hybridized carbons (Fsp3) is 0.478. The Morgan fingerprint density at radius 1 is 1.19 bits per heavy atom. The van der Waals surface area contributed by atoms with Crippen molar-refractivity contribution in [3.63, 3.8) is 0 Å². The lowest BCUT2D eigenvalue weighted by molar-refractivity contribution is -0.125. The molecule has 0 aromatic carbocycles. The second-order valence-corrected chi connectivity index (χ2v) is 8.99. The highest BCUT2D eigenvalue weighted by atomic mass is 16.2. The normalized spacial score (nSPS) is 20.3. The van der Waals surface area contributed by atoms with Crippen LogP contribution in [0.25, 0.3) is 22.2 Å². The molecule has 9 nitrogen and oxygen atoms in total. The summed E-state index contributed by atoms with van der Waals surface area (Å²) in [6.45, 7) is 7.16. The highest BCUT2D eigenvalue weighted by Gasteiger charge is 2.33. The van der Waals surface area contributed by atoms with Gasteiger partial charge in [-0.15, -0.1) is 0 Å². The molecule has 2 fully saturated rings. The SMILES string of the molecule is C=CC(=O)N1CCC(c2c(-c3cnn(C4CCN(C)CC4)c3)c3c(N)ncnc3n2C)C1. The van der Waals surface area contributed by atoms with E-state index >= 15 is 0 Å². The van der Waals surface area contributed by atoms with Crippen LogP contribution in [0.3, 0.4) is 0 Å². The second kappa shape index (κ2) is 8.05. The number of hydrogen-bond donors (Lipinski definition) is 1. The van der Waals surface area contributed by atoms with E-state index in [1.54, 1.807) is 0 Å². The van der Waals surface area contributed by atoms with Crippen LogP contribution in [0.2, 0.25) is 0 Å². The molecule has 3 aromatic heterocycles. The molecule has 0 radical (unpaired) electrons. The first-order valence-electron chi connectivity index (χ1n) is 11.2. The van der Waals surface area contributed by atoms with Crippen LogP contribution >= 0.6 is 0 Å². The van der Waals surface area contributed by atoms with Crippen molar-refractivity contribution in [2.24, 2.45) is 7.05 Å². The van der Waals surface area contributed by atoms with Crippen LogP contribution < -0.4 is 5.73 Å². The van der Waals surface area contributed by atoms with E-state index in [9.17, 15) is 4.79 Å². The molecular weight excluding hydrogens is 404 g/mol. The lowest BCUT2D eigenvalue weighted by atomic mass is 9.96. The van der Waals surface area contributed by atoms with Gasteiger partial charge in [0.05, 0.1) is 17.6 Å². The molecule has 32 heavy (non-hydrogen) atoms. The number of carbonyl (C=O) groups excluding carboxylic acids is 1. The highest BCUT2D eigenvalue weighted by Crippen LogP contribution is 2.42. The predicted octanol–water partition coefficient (Wildman–Crippen LogP) is 2.18. The summed E-state index contributed by atoms with van der Waals surface area (Å²) in [7, 11) is 4.19. The van der Waals surface area contributed by atoms with Crippen molar-refractivity contribution in [2.45, 2.75) is 31.2 Å². The van der Waals surface area contributed by atoms with Gasteiger partial charge in [-0.05, 0) is 45.5 Å². The highest BCUT2D eigenvalue weighted by molar-refractivity contribution is 6.02. The molecule has 5 heterocycles. The molecule has 1 unspecified atom stereocenters. The fourth-order valence-corrected chi connectivity index (χ4v) is 5.30. The standard InChI is InChI=1S/C23H30N8O/c1-4-18(32)30-10-5-15(12-30)21-19(20-22(24)25-14-26-23(20)29(21)3)16-11-27-31(13-16)17-6-8-28(2)9-7-17/h4,11,13-15,17H,1,5-10,12H2,2-3H3,(H2,24,25,26). The molecule has 1 atom stereocenters. The number of likely N-dealkylation sites (tertiary alicyclic amines) is 2. The van der Waals surface area contributed by atoms with Gasteiger partial charge in [0.1, 0.15) is 17.8 Å². The first kappa shape index (κ1) is 20.7. The number of anilines is 1. The van der Waals surface area contributed by atoms with Crippen LogP contribution in [0, 0.1) is 0 Å². The van der Waals surface area contributed by atoms with Gasteiger partial charge in [-0.1, -0.05) is 6.58 Å². The van der Waals surface area contributed by atoms with Crippen molar-refractivity contribution >= 4 is 22.8 Å². The summed E-state index contributed by atoms with van der Waals surface area (Å²) in [6.07, 6.45) is 10.0. The average Bonchev–Trinajstić information content (AvgIpc) is 3.52. The van der Waals surface area contributed by atoms with Gasteiger partial charge in [0, 0.05) is 49.1 Å². The van der Waals surface area contributed by atoms with Crippen molar-refractivity contribution in [2.75, 3.05) is 39.0 Å². The molecule has 0 spiro atoms. The average molecular weight is 435 g/mol. The van der Waals surface area contributed by atoms with Gasteiger partial charge in [-0.3, -0.25) is 9.48 Å². The molecule has 2 aliphatic heterocycles. The summed E-state index contributed by atoms with van der Waals surface area (Å²) in [5.74, 6) is 0.622. The number of rotatable bonds is 4. The van der Waals surface area contributed by atoms with Gasteiger partial charge in [0.25, 0.3) is 0 Å².